The van der Waals surface area contributed by atoms with E-state index in [1.165, 1.54) is 51.4 Å². The Labute approximate surface area is 187 Å². The molecule has 9 unspecified atom stereocenters. The molecule has 0 spiro atoms. The molecule has 1 nitrogen and oxygen atoms in total. The third-order valence-electron chi connectivity index (χ3n) is 11.8. The number of aliphatic hydroxyl groups excluding tert-OH is 1. The lowest BCUT2D eigenvalue weighted by Crippen LogP contribution is -2.53. The van der Waals surface area contributed by atoms with Gasteiger partial charge in [0.05, 0.1) is 6.10 Å². The van der Waals surface area contributed by atoms with Gasteiger partial charge in [-0.05, 0) is 103 Å². The summed E-state index contributed by atoms with van der Waals surface area (Å²) in [4.78, 5) is 0. The largest absolute Gasteiger partial charge is 0.393 e. The Bertz CT molecular complexity index is 663. The zero-order chi connectivity index (χ0) is 21.9. The normalized spacial score (nSPS) is 47.8. The minimum atomic E-state index is -0.0467. The zero-order valence-electron chi connectivity index (χ0n) is 21.1. The van der Waals surface area contributed by atoms with E-state index in [1.54, 1.807) is 0 Å². The minimum Gasteiger partial charge on any atom is -0.393 e. The predicted molar refractivity (Wildman–Crippen MR) is 128 cm³/mol. The van der Waals surface area contributed by atoms with E-state index >= 15 is 0 Å². The number of fused-ring (bicyclic) bond motifs is 5. The van der Waals surface area contributed by atoms with E-state index in [0.29, 0.717) is 22.2 Å². The van der Waals surface area contributed by atoms with Crippen molar-refractivity contribution in [3.63, 3.8) is 0 Å². The first-order valence-electron chi connectivity index (χ1n) is 13.4. The Morgan fingerprint density at radius 3 is 2.37 bits per heavy atom. The summed E-state index contributed by atoms with van der Waals surface area (Å²) in [5.74, 6) is 4.91. The molecule has 1 N–H and O–H groups in total. The second-order valence-electron chi connectivity index (χ2n) is 13.3. The monoisotopic (exact) mass is 414 g/mol. The Hall–Kier alpha value is -0.300. The Balaban J connectivity index is 1.56. The van der Waals surface area contributed by atoms with E-state index in [4.69, 9.17) is 0 Å². The summed E-state index contributed by atoms with van der Waals surface area (Å²) in [7, 11) is 0. The van der Waals surface area contributed by atoms with Gasteiger partial charge in [-0.25, -0.2) is 0 Å². The highest BCUT2D eigenvalue weighted by Gasteiger charge is 2.63. The molecule has 1 heteroatoms. The summed E-state index contributed by atoms with van der Waals surface area (Å²) in [5, 5.41) is 10.3. The fourth-order valence-corrected chi connectivity index (χ4v) is 8.89. The molecule has 3 fully saturated rings. The molecule has 0 aromatic rings. The van der Waals surface area contributed by atoms with Crippen molar-refractivity contribution >= 4 is 0 Å². The van der Waals surface area contributed by atoms with Gasteiger partial charge in [-0.3, -0.25) is 0 Å². The van der Waals surface area contributed by atoms with Gasteiger partial charge in [0.25, 0.3) is 0 Å². The van der Waals surface area contributed by atoms with E-state index in [0.717, 1.165) is 42.4 Å². The minimum absolute atomic E-state index is 0.0467. The lowest BCUT2D eigenvalue weighted by Gasteiger charge is -2.61. The number of hydrogen-bond acceptors (Lipinski definition) is 1. The lowest BCUT2D eigenvalue weighted by molar-refractivity contribution is -0.0562. The smallest absolute Gasteiger partial charge is 0.0543 e. The highest BCUT2D eigenvalue weighted by Crippen LogP contribution is 2.71. The molecule has 4 aliphatic rings. The molecule has 0 amide bonds. The third-order valence-corrected chi connectivity index (χ3v) is 11.8. The molecule has 0 radical (unpaired) electrons. The number of allylic oxidation sites excluding steroid dienone is 2. The molecule has 0 bridgehead atoms. The highest BCUT2D eigenvalue weighted by atomic mass is 16.3. The molecular formula is C29H50O. The van der Waals surface area contributed by atoms with E-state index in [-0.39, 0.29) is 6.10 Å². The quantitative estimate of drug-likeness (QED) is 0.451. The molecule has 30 heavy (non-hydrogen) atoms. The van der Waals surface area contributed by atoms with Crippen LogP contribution in [-0.2, 0) is 0 Å². The molecule has 0 aromatic heterocycles. The van der Waals surface area contributed by atoms with Gasteiger partial charge in [-0.1, -0.05) is 73.0 Å². The molecule has 0 heterocycles. The molecule has 0 aromatic carbocycles. The van der Waals surface area contributed by atoms with Crippen LogP contribution in [0.15, 0.2) is 11.6 Å². The molecule has 0 aliphatic heterocycles. The van der Waals surface area contributed by atoms with Crippen LogP contribution < -0.4 is 0 Å². The zero-order valence-corrected chi connectivity index (χ0v) is 21.1. The van der Waals surface area contributed by atoms with Gasteiger partial charge in [0.2, 0.25) is 0 Å². The van der Waals surface area contributed by atoms with Crippen LogP contribution in [0.4, 0.5) is 0 Å². The maximum absolute atomic E-state index is 10.3. The molecule has 3 saturated carbocycles. The van der Waals surface area contributed by atoms with E-state index in [2.05, 4.69) is 54.5 Å². The van der Waals surface area contributed by atoms with Crippen molar-refractivity contribution in [1.29, 1.82) is 0 Å². The lowest BCUT2D eigenvalue weighted by atomic mass is 9.44. The van der Waals surface area contributed by atoms with Crippen LogP contribution in [0, 0.1) is 51.8 Å². The fourth-order valence-electron chi connectivity index (χ4n) is 8.89. The van der Waals surface area contributed by atoms with Crippen LogP contribution in [0.25, 0.3) is 0 Å². The second kappa shape index (κ2) is 7.93. The van der Waals surface area contributed by atoms with Crippen LogP contribution in [0.2, 0.25) is 0 Å². The average molecular weight is 415 g/mol. The van der Waals surface area contributed by atoms with Gasteiger partial charge in [0.1, 0.15) is 0 Å². The topological polar surface area (TPSA) is 20.2 Å². The Kier molecular flexibility index (Phi) is 6.05. The van der Waals surface area contributed by atoms with E-state index in [1.807, 2.05) is 5.57 Å². The average Bonchev–Trinajstić information content (AvgIpc) is 2.97. The van der Waals surface area contributed by atoms with Crippen molar-refractivity contribution < 1.29 is 5.11 Å². The first-order chi connectivity index (χ1) is 14.0. The van der Waals surface area contributed by atoms with Crippen LogP contribution in [0.1, 0.15) is 113 Å². The predicted octanol–water partition coefficient (Wildman–Crippen LogP) is 8.02. The standard InChI is InChI=1S/C29H50O/c1-19(2)20(3)8-9-21(4)24-13-16-29(7)26-11-10-22-18-23(30)12-15-27(22,5)25(26)14-17-28(24,29)6/h14,19-24,26,30H,8-13,15-18H2,1-7H3. The summed E-state index contributed by atoms with van der Waals surface area (Å²) < 4.78 is 0. The maximum Gasteiger partial charge on any atom is 0.0543 e. The Morgan fingerprint density at radius 2 is 1.67 bits per heavy atom. The van der Waals surface area contributed by atoms with Crippen LogP contribution in [0.3, 0.4) is 0 Å². The molecule has 4 rings (SSSR count). The third kappa shape index (κ3) is 3.36. The van der Waals surface area contributed by atoms with Crippen molar-refractivity contribution in [3.05, 3.63) is 11.6 Å². The summed E-state index contributed by atoms with van der Waals surface area (Å²) in [6.07, 6.45) is 15.7. The van der Waals surface area contributed by atoms with Crippen molar-refractivity contribution in [3.8, 4) is 0 Å². The molecule has 4 aliphatic carbocycles. The molecule has 9 atom stereocenters. The Morgan fingerprint density at radius 1 is 0.933 bits per heavy atom. The molecular weight excluding hydrogens is 364 g/mol. The van der Waals surface area contributed by atoms with Crippen molar-refractivity contribution in [2.45, 2.75) is 119 Å². The summed E-state index contributed by atoms with van der Waals surface area (Å²) >= 11 is 0. The van der Waals surface area contributed by atoms with Gasteiger partial charge < -0.3 is 5.11 Å². The van der Waals surface area contributed by atoms with Crippen molar-refractivity contribution in [2.24, 2.45) is 51.8 Å². The second-order valence-corrected chi connectivity index (χ2v) is 13.3. The number of rotatable bonds is 5. The summed E-state index contributed by atoms with van der Waals surface area (Å²) in [5.41, 5.74) is 3.14. The number of aliphatic hydroxyl groups is 1. The maximum atomic E-state index is 10.3. The first kappa shape index (κ1) is 22.9. The number of hydrogen-bond donors (Lipinski definition) is 1. The first-order valence-corrected chi connectivity index (χ1v) is 13.4. The van der Waals surface area contributed by atoms with Gasteiger partial charge in [-0.2, -0.15) is 0 Å². The fraction of sp³-hybridized carbons (Fsp3) is 0.931. The van der Waals surface area contributed by atoms with Crippen molar-refractivity contribution in [2.75, 3.05) is 0 Å². The SMILES string of the molecule is CC(C)C(C)CCC(C)C1CCC2(C)C3CCC4CC(O)CCC4(C)C3=CCC12C. The molecule has 0 saturated heterocycles. The van der Waals surface area contributed by atoms with Gasteiger partial charge in [-0.15, -0.1) is 0 Å². The van der Waals surface area contributed by atoms with Gasteiger partial charge in [0, 0.05) is 0 Å². The summed E-state index contributed by atoms with van der Waals surface area (Å²) in [6.45, 7) is 17.7. The van der Waals surface area contributed by atoms with Crippen LogP contribution in [0.5, 0.6) is 0 Å². The van der Waals surface area contributed by atoms with Crippen molar-refractivity contribution in [1.82, 2.24) is 0 Å². The highest BCUT2D eigenvalue weighted by molar-refractivity contribution is 5.31. The van der Waals surface area contributed by atoms with Gasteiger partial charge >= 0.3 is 0 Å². The summed E-state index contributed by atoms with van der Waals surface area (Å²) in [6, 6.07) is 0. The van der Waals surface area contributed by atoms with Gasteiger partial charge in [0.15, 0.2) is 0 Å². The van der Waals surface area contributed by atoms with E-state index in [9.17, 15) is 5.11 Å². The van der Waals surface area contributed by atoms with Crippen LogP contribution in [-0.4, -0.2) is 11.2 Å². The molecule has 172 valence electrons. The van der Waals surface area contributed by atoms with Crippen LogP contribution >= 0.6 is 0 Å². The van der Waals surface area contributed by atoms with E-state index < -0.39 is 0 Å².